The minimum Gasteiger partial charge on any atom is -0.413 e. The highest BCUT2D eigenvalue weighted by molar-refractivity contribution is 9.10. The Hall–Kier alpha value is -2.14. The van der Waals surface area contributed by atoms with Crippen LogP contribution in [0.15, 0.2) is 46.1 Å². The van der Waals surface area contributed by atoms with E-state index in [1.165, 1.54) is 4.40 Å². The van der Waals surface area contributed by atoms with Gasteiger partial charge in [0.15, 0.2) is 30.4 Å². The van der Waals surface area contributed by atoms with E-state index < -0.39 is 41.2 Å². The Morgan fingerprint density at radius 2 is 1.43 bits per heavy atom. The van der Waals surface area contributed by atoms with Gasteiger partial charge in [0.25, 0.3) is 5.56 Å². The SMILES string of the molecule is CC(C)[Si](OC[C@H]1O[C@@H](n2c(Br)nc3c(=O)n4cc(-c5ccccc5)[nH]c4nc32)[C@H](O[Si](C(C)C)(C(C)C)C(C)C)[C@@H]1O)(C(C)C)C(C)C. The third-order valence-corrected chi connectivity index (χ3v) is 23.8. The predicted octanol–water partition coefficient (Wildman–Crippen LogP) is 8.81. The van der Waals surface area contributed by atoms with Crippen molar-refractivity contribution in [1.29, 1.82) is 0 Å². The average Bonchev–Trinajstić information content (AvgIpc) is 3.69. The summed E-state index contributed by atoms with van der Waals surface area (Å²) >= 11 is 3.65. The van der Waals surface area contributed by atoms with Crippen molar-refractivity contribution >= 4 is 49.5 Å². The number of imidazole rings is 2. The van der Waals surface area contributed by atoms with E-state index in [2.05, 4.69) is 109 Å². The molecule has 4 heterocycles. The molecule has 10 nitrogen and oxygen atoms in total. The fourth-order valence-corrected chi connectivity index (χ4v) is 20.6. The van der Waals surface area contributed by atoms with Gasteiger partial charge < -0.3 is 23.7 Å². The van der Waals surface area contributed by atoms with E-state index in [1.54, 1.807) is 10.8 Å². The number of H-pyrrole nitrogens is 1. The molecule has 4 aromatic rings. The van der Waals surface area contributed by atoms with Crippen LogP contribution in [0.1, 0.15) is 89.3 Å². The van der Waals surface area contributed by atoms with Crippen LogP contribution in [0.25, 0.3) is 28.2 Å². The monoisotopic (exact) mass is 773 g/mol. The van der Waals surface area contributed by atoms with Gasteiger partial charge in [-0.25, -0.2) is 9.38 Å². The number of halogens is 1. The van der Waals surface area contributed by atoms with Crippen LogP contribution in [0.2, 0.25) is 33.2 Å². The molecule has 0 saturated carbocycles. The van der Waals surface area contributed by atoms with Gasteiger partial charge in [-0.2, -0.15) is 4.98 Å². The van der Waals surface area contributed by atoms with Crippen molar-refractivity contribution in [1.82, 2.24) is 23.9 Å². The van der Waals surface area contributed by atoms with E-state index in [9.17, 15) is 9.90 Å². The number of rotatable bonds is 13. The van der Waals surface area contributed by atoms with Crippen LogP contribution in [0.3, 0.4) is 0 Å². The largest absolute Gasteiger partial charge is 0.413 e. The Labute approximate surface area is 301 Å². The first-order chi connectivity index (χ1) is 23.0. The second-order valence-electron chi connectivity index (χ2n) is 15.7. The lowest BCUT2D eigenvalue weighted by atomic mass is 10.1. The summed E-state index contributed by atoms with van der Waals surface area (Å²) in [5.74, 6) is 0.387. The van der Waals surface area contributed by atoms with Gasteiger partial charge in [-0.1, -0.05) is 113 Å². The number of ether oxygens (including phenoxy) is 1. The van der Waals surface area contributed by atoms with Crippen LogP contribution in [-0.2, 0) is 13.6 Å². The molecule has 0 aliphatic carbocycles. The van der Waals surface area contributed by atoms with E-state index in [4.69, 9.17) is 18.6 Å². The van der Waals surface area contributed by atoms with Crippen LogP contribution in [-0.4, -0.2) is 70.6 Å². The molecule has 2 N–H and O–H groups in total. The van der Waals surface area contributed by atoms with E-state index in [0.717, 1.165) is 11.3 Å². The number of aromatic nitrogens is 5. The van der Waals surface area contributed by atoms with Crippen LogP contribution >= 0.6 is 15.9 Å². The molecular formula is C36H56BrN5O5Si2. The highest BCUT2D eigenvalue weighted by Gasteiger charge is 2.55. The molecule has 0 unspecified atom stereocenters. The molecule has 5 rings (SSSR count). The molecule has 270 valence electrons. The molecule has 1 aliphatic rings. The molecule has 13 heteroatoms. The number of hydrogen-bond acceptors (Lipinski definition) is 7. The van der Waals surface area contributed by atoms with E-state index in [-0.39, 0.29) is 34.3 Å². The number of nitrogens with zero attached hydrogens (tertiary/aromatic N) is 4. The Morgan fingerprint density at radius 1 is 0.878 bits per heavy atom. The molecule has 1 aliphatic heterocycles. The number of fused-ring (bicyclic) bond motifs is 2. The maximum atomic E-state index is 13.9. The van der Waals surface area contributed by atoms with Crippen molar-refractivity contribution in [3.8, 4) is 11.3 Å². The summed E-state index contributed by atoms with van der Waals surface area (Å²) in [4.78, 5) is 26.8. The van der Waals surface area contributed by atoms with Crippen molar-refractivity contribution in [3.63, 3.8) is 0 Å². The highest BCUT2D eigenvalue weighted by atomic mass is 79.9. The first-order valence-electron chi connectivity index (χ1n) is 17.9. The van der Waals surface area contributed by atoms with Crippen molar-refractivity contribution in [2.75, 3.05) is 6.61 Å². The van der Waals surface area contributed by atoms with Crippen LogP contribution in [0, 0.1) is 0 Å². The standard InChI is InChI=1S/C36H56BrN5O5Si2/c1-20(2)48(21(3)4,22(5)6)45-19-28-30(43)31(47-49(23(7)8,24(9)10)25(11)12)34(46-28)42-32-29(39-35(42)37)33(44)41-18-27(38-36(41)40-32)26-16-14-13-15-17-26/h13-18,20-25,28,30-31,34,43H,19H2,1-12H3,(H,38,40)/t28-,30-,31-,34-/m1/s1. The van der Waals surface area contributed by atoms with Crippen LogP contribution in [0.5, 0.6) is 0 Å². The maximum absolute atomic E-state index is 13.9. The summed E-state index contributed by atoms with van der Waals surface area (Å²) in [6.07, 6.45) is -1.42. The molecular weight excluding hydrogens is 719 g/mol. The molecule has 1 aromatic carbocycles. The van der Waals surface area contributed by atoms with Gasteiger partial charge in [-0.15, -0.1) is 0 Å². The normalized spacial score (nSPS) is 21.0. The zero-order valence-corrected chi connectivity index (χ0v) is 34.8. The summed E-state index contributed by atoms with van der Waals surface area (Å²) in [6, 6.07) is 9.81. The van der Waals surface area contributed by atoms with Gasteiger partial charge in [0.2, 0.25) is 14.1 Å². The fraction of sp³-hybridized carbons (Fsp3) is 0.639. The average molecular weight is 775 g/mol. The van der Waals surface area contributed by atoms with Gasteiger partial charge in [0.05, 0.1) is 12.3 Å². The number of aliphatic hydroxyl groups excluding tert-OH is 1. The Morgan fingerprint density at radius 3 is 1.96 bits per heavy atom. The van der Waals surface area contributed by atoms with Gasteiger partial charge in [-0.3, -0.25) is 9.36 Å². The second-order valence-corrected chi connectivity index (χ2v) is 27.2. The fourth-order valence-electron chi connectivity index (χ4n) is 9.05. The van der Waals surface area contributed by atoms with E-state index in [1.807, 2.05) is 30.3 Å². The molecule has 0 bridgehead atoms. The predicted molar refractivity (Wildman–Crippen MR) is 205 cm³/mol. The van der Waals surface area contributed by atoms with Crippen molar-refractivity contribution in [2.45, 2.75) is 141 Å². The zero-order chi connectivity index (χ0) is 36.2. The number of aromatic amines is 1. The van der Waals surface area contributed by atoms with Gasteiger partial charge >= 0.3 is 0 Å². The number of nitrogens with one attached hydrogen (secondary N) is 1. The summed E-state index contributed by atoms with van der Waals surface area (Å²) in [7, 11) is -4.78. The topological polar surface area (TPSA) is 116 Å². The number of hydrogen-bond donors (Lipinski definition) is 2. The Bertz CT molecular complexity index is 1760. The third-order valence-electron chi connectivity index (χ3n) is 11.1. The van der Waals surface area contributed by atoms with E-state index in [0.29, 0.717) is 32.8 Å². The Balaban J connectivity index is 1.64. The molecule has 1 fully saturated rings. The molecule has 0 radical (unpaired) electrons. The maximum Gasteiger partial charge on any atom is 0.287 e. The lowest BCUT2D eigenvalue weighted by molar-refractivity contribution is -0.0493. The molecule has 0 amide bonds. The number of benzene rings is 1. The summed E-state index contributed by atoms with van der Waals surface area (Å²) in [5.41, 5.74) is 3.93. The van der Waals surface area contributed by atoms with Crippen LogP contribution in [0.4, 0.5) is 0 Å². The summed E-state index contributed by atoms with van der Waals surface area (Å²) in [5, 5.41) is 12.2. The molecule has 1 saturated heterocycles. The molecule has 4 atom stereocenters. The number of aliphatic hydroxyl groups is 1. The first kappa shape index (κ1) is 38.1. The molecule has 49 heavy (non-hydrogen) atoms. The van der Waals surface area contributed by atoms with Gasteiger partial charge in [0, 0.05) is 6.20 Å². The zero-order valence-electron chi connectivity index (χ0n) is 31.2. The van der Waals surface area contributed by atoms with Gasteiger partial charge in [0.1, 0.15) is 18.3 Å². The minimum absolute atomic E-state index is 0.200. The Kier molecular flexibility index (Phi) is 11.3. The lowest BCUT2D eigenvalue weighted by Crippen LogP contribution is -2.54. The van der Waals surface area contributed by atoms with Crippen molar-refractivity contribution < 1.29 is 18.7 Å². The van der Waals surface area contributed by atoms with Crippen LogP contribution < -0.4 is 5.56 Å². The van der Waals surface area contributed by atoms with Crippen molar-refractivity contribution in [3.05, 3.63) is 51.6 Å². The van der Waals surface area contributed by atoms with Crippen molar-refractivity contribution in [2.24, 2.45) is 0 Å². The molecule has 3 aromatic heterocycles. The smallest absolute Gasteiger partial charge is 0.287 e. The summed E-state index contributed by atoms with van der Waals surface area (Å²) < 4.78 is 24.9. The minimum atomic E-state index is -2.52. The lowest BCUT2D eigenvalue weighted by Gasteiger charge is -2.45. The van der Waals surface area contributed by atoms with E-state index >= 15 is 0 Å². The first-order valence-corrected chi connectivity index (χ1v) is 23.0. The highest BCUT2D eigenvalue weighted by Crippen LogP contribution is 2.48. The second kappa shape index (κ2) is 14.5. The quantitative estimate of drug-likeness (QED) is 0.103. The summed E-state index contributed by atoms with van der Waals surface area (Å²) in [6.45, 7) is 27.2. The third kappa shape index (κ3) is 6.46. The van der Waals surface area contributed by atoms with Gasteiger partial charge in [-0.05, 0) is 54.7 Å². The molecule has 0 spiro atoms.